The molecule has 0 aliphatic carbocycles. The fourth-order valence-electron chi connectivity index (χ4n) is 2.99. The minimum Gasteiger partial charge on any atom is -0.391 e. The van der Waals surface area contributed by atoms with Gasteiger partial charge in [0.05, 0.1) is 6.10 Å². The lowest BCUT2D eigenvalue weighted by atomic mass is 9.96. The highest BCUT2D eigenvalue weighted by atomic mass is 16.3. The van der Waals surface area contributed by atoms with Gasteiger partial charge in [-0.15, -0.1) is 10.2 Å². The van der Waals surface area contributed by atoms with E-state index in [9.17, 15) is 5.11 Å². The number of aryl methyl sites for hydroxylation is 1. The lowest BCUT2D eigenvalue weighted by molar-refractivity contribution is 0.198. The van der Waals surface area contributed by atoms with Crippen molar-refractivity contribution in [3.8, 4) is 0 Å². The summed E-state index contributed by atoms with van der Waals surface area (Å²) in [6.45, 7) is 7.90. The average molecular weight is 357 g/mol. The van der Waals surface area contributed by atoms with Crippen LogP contribution < -0.4 is 4.90 Å². The van der Waals surface area contributed by atoms with E-state index in [0.29, 0.717) is 30.1 Å². The van der Waals surface area contributed by atoms with E-state index in [1.54, 1.807) is 9.48 Å². The van der Waals surface area contributed by atoms with E-state index in [2.05, 4.69) is 50.9 Å². The average Bonchev–Trinajstić information content (AvgIpc) is 3.26. The van der Waals surface area contributed by atoms with Gasteiger partial charge in [0.1, 0.15) is 24.5 Å². The molecule has 0 saturated carbocycles. The lowest BCUT2D eigenvalue weighted by Gasteiger charge is -2.21. The fourth-order valence-corrected chi connectivity index (χ4v) is 2.99. The molecule has 1 N–H and O–H groups in total. The second-order valence-electron chi connectivity index (χ2n) is 7.71. The number of aromatic nitrogens is 8. The zero-order chi connectivity index (χ0) is 18.5. The standard InChI is InChI=1S/C16H23N9O/c1-16(2,3)15-19-13-12(14(20-15)24-6-5-10(26)7-24)21-25(22-13)8-11-17-9-18-23(11)4/h9-10,26H,5-8H2,1-4H3. The number of aliphatic hydroxyl groups excluding tert-OH is 1. The fraction of sp³-hybridized carbons (Fsp3) is 0.625. The summed E-state index contributed by atoms with van der Waals surface area (Å²) < 4.78 is 1.69. The summed E-state index contributed by atoms with van der Waals surface area (Å²) in [7, 11) is 1.83. The largest absolute Gasteiger partial charge is 0.391 e. The van der Waals surface area contributed by atoms with Crippen LogP contribution in [-0.4, -0.2) is 64.0 Å². The van der Waals surface area contributed by atoms with Gasteiger partial charge in [0.25, 0.3) is 0 Å². The van der Waals surface area contributed by atoms with Crippen molar-refractivity contribution in [2.45, 2.75) is 45.3 Å². The van der Waals surface area contributed by atoms with Crippen LogP contribution in [0.4, 0.5) is 5.82 Å². The summed E-state index contributed by atoms with van der Waals surface area (Å²) in [6, 6.07) is 0. The molecule has 0 bridgehead atoms. The van der Waals surface area contributed by atoms with E-state index in [0.717, 1.165) is 24.6 Å². The van der Waals surface area contributed by atoms with Crippen LogP contribution in [0.3, 0.4) is 0 Å². The van der Waals surface area contributed by atoms with Gasteiger partial charge in [-0.05, 0) is 6.42 Å². The molecule has 4 rings (SSSR count). The Bertz CT molecular complexity index is 939. The van der Waals surface area contributed by atoms with Crippen molar-refractivity contribution in [2.75, 3.05) is 18.0 Å². The van der Waals surface area contributed by atoms with E-state index in [1.807, 2.05) is 7.05 Å². The van der Waals surface area contributed by atoms with Crippen LogP contribution in [0.2, 0.25) is 0 Å². The molecule has 3 aromatic heterocycles. The minimum absolute atomic E-state index is 0.214. The Morgan fingerprint density at radius 1 is 1.23 bits per heavy atom. The molecule has 1 saturated heterocycles. The van der Waals surface area contributed by atoms with Crippen LogP contribution >= 0.6 is 0 Å². The quantitative estimate of drug-likeness (QED) is 0.711. The lowest BCUT2D eigenvalue weighted by Crippen LogP contribution is -2.25. The number of fused-ring (bicyclic) bond motifs is 1. The molecule has 10 heteroatoms. The van der Waals surface area contributed by atoms with Gasteiger partial charge in [0.15, 0.2) is 11.3 Å². The van der Waals surface area contributed by atoms with Crippen LogP contribution in [0.25, 0.3) is 11.2 Å². The van der Waals surface area contributed by atoms with E-state index >= 15 is 0 Å². The predicted molar refractivity (Wildman–Crippen MR) is 94.8 cm³/mol. The first kappa shape index (κ1) is 16.8. The third-order valence-electron chi connectivity index (χ3n) is 4.49. The number of rotatable bonds is 3. The molecule has 1 fully saturated rings. The van der Waals surface area contributed by atoms with Crippen LogP contribution in [0.1, 0.15) is 38.8 Å². The molecular formula is C16H23N9O. The molecule has 1 aliphatic rings. The third-order valence-corrected chi connectivity index (χ3v) is 4.49. The molecule has 0 amide bonds. The Balaban J connectivity index is 1.80. The van der Waals surface area contributed by atoms with Gasteiger partial charge in [-0.2, -0.15) is 9.90 Å². The molecule has 26 heavy (non-hydrogen) atoms. The van der Waals surface area contributed by atoms with Crippen molar-refractivity contribution >= 4 is 17.0 Å². The van der Waals surface area contributed by atoms with Gasteiger partial charge in [0.2, 0.25) is 5.65 Å². The number of anilines is 1. The van der Waals surface area contributed by atoms with Crippen LogP contribution in [-0.2, 0) is 19.0 Å². The molecule has 0 radical (unpaired) electrons. The number of hydrogen-bond donors (Lipinski definition) is 1. The molecule has 4 heterocycles. The Morgan fingerprint density at radius 3 is 2.65 bits per heavy atom. The number of nitrogens with zero attached hydrogens (tertiary/aromatic N) is 9. The van der Waals surface area contributed by atoms with E-state index in [4.69, 9.17) is 4.98 Å². The van der Waals surface area contributed by atoms with Gasteiger partial charge < -0.3 is 10.0 Å². The Kier molecular flexibility index (Phi) is 3.87. The molecule has 0 spiro atoms. The van der Waals surface area contributed by atoms with Gasteiger partial charge in [-0.1, -0.05) is 20.8 Å². The number of aliphatic hydroxyl groups is 1. The highest BCUT2D eigenvalue weighted by Gasteiger charge is 2.28. The summed E-state index contributed by atoms with van der Waals surface area (Å²) in [5.74, 6) is 2.21. The van der Waals surface area contributed by atoms with Crippen molar-refractivity contribution in [1.82, 2.24) is 39.7 Å². The first-order valence-electron chi connectivity index (χ1n) is 8.70. The van der Waals surface area contributed by atoms with Crippen LogP contribution in [0, 0.1) is 0 Å². The summed E-state index contributed by atoms with van der Waals surface area (Å²) in [5, 5.41) is 23.1. The molecule has 1 atom stereocenters. The topological polar surface area (TPSA) is 111 Å². The van der Waals surface area contributed by atoms with Crippen molar-refractivity contribution < 1.29 is 5.11 Å². The smallest absolute Gasteiger partial charge is 0.207 e. The Labute approximate surface area is 150 Å². The van der Waals surface area contributed by atoms with Crippen molar-refractivity contribution in [2.24, 2.45) is 7.05 Å². The zero-order valence-electron chi connectivity index (χ0n) is 15.5. The van der Waals surface area contributed by atoms with E-state index in [-0.39, 0.29) is 11.5 Å². The second kappa shape index (κ2) is 5.97. The minimum atomic E-state index is -0.341. The Hall–Kier alpha value is -2.62. The summed E-state index contributed by atoms with van der Waals surface area (Å²) in [5.41, 5.74) is 0.993. The first-order chi connectivity index (χ1) is 12.3. The number of hydrogen-bond acceptors (Lipinski definition) is 8. The van der Waals surface area contributed by atoms with Gasteiger partial charge in [0, 0.05) is 25.6 Å². The molecule has 138 valence electrons. The first-order valence-corrected chi connectivity index (χ1v) is 8.70. The zero-order valence-corrected chi connectivity index (χ0v) is 15.5. The van der Waals surface area contributed by atoms with Gasteiger partial charge >= 0.3 is 0 Å². The highest BCUT2D eigenvalue weighted by Crippen LogP contribution is 2.28. The van der Waals surface area contributed by atoms with Crippen molar-refractivity contribution in [3.05, 3.63) is 18.0 Å². The SMILES string of the molecule is Cn1ncnc1Cn1nc2nc(C(C)(C)C)nc(N3CCC(O)C3)c2n1. The van der Waals surface area contributed by atoms with Crippen LogP contribution in [0.15, 0.2) is 6.33 Å². The summed E-state index contributed by atoms with van der Waals surface area (Å²) in [6.07, 6.45) is 1.89. The molecule has 10 nitrogen and oxygen atoms in total. The van der Waals surface area contributed by atoms with Crippen molar-refractivity contribution in [3.63, 3.8) is 0 Å². The maximum Gasteiger partial charge on any atom is 0.207 e. The highest BCUT2D eigenvalue weighted by molar-refractivity contribution is 5.82. The van der Waals surface area contributed by atoms with E-state index in [1.165, 1.54) is 6.33 Å². The predicted octanol–water partition coefficient (Wildman–Crippen LogP) is 0.267. The maximum absolute atomic E-state index is 9.92. The van der Waals surface area contributed by atoms with Crippen molar-refractivity contribution in [1.29, 1.82) is 0 Å². The summed E-state index contributed by atoms with van der Waals surface area (Å²) >= 11 is 0. The molecule has 1 aliphatic heterocycles. The normalized spacial score (nSPS) is 18.2. The second-order valence-corrected chi connectivity index (χ2v) is 7.71. The summed E-state index contributed by atoms with van der Waals surface area (Å²) in [4.78, 5) is 17.3. The van der Waals surface area contributed by atoms with Gasteiger partial charge in [-0.3, -0.25) is 4.68 Å². The monoisotopic (exact) mass is 357 g/mol. The molecule has 3 aromatic rings. The van der Waals surface area contributed by atoms with E-state index < -0.39 is 0 Å². The molecule has 0 aromatic carbocycles. The molecule has 1 unspecified atom stereocenters. The third kappa shape index (κ3) is 3.00. The Morgan fingerprint density at radius 2 is 2.04 bits per heavy atom. The van der Waals surface area contributed by atoms with Crippen LogP contribution in [0.5, 0.6) is 0 Å². The number of β-amino-alcohol motifs (C(OH)–C–C–N with tert-alkyl or cyclic N) is 1. The van der Waals surface area contributed by atoms with Gasteiger partial charge in [-0.25, -0.2) is 15.0 Å². The molecular weight excluding hydrogens is 334 g/mol. The maximum atomic E-state index is 9.92.